The smallest absolute Gasteiger partial charge is 0.213 e. The molecule has 0 spiro atoms. The number of fused-ring (bicyclic) bond motifs is 3. The molecule has 0 aliphatic carbocycles. The van der Waals surface area contributed by atoms with E-state index in [1.165, 1.54) is 5.56 Å². The van der Waals surface area contributed by atoms with Crippen molar-refractivity contribution >= 4 is 21.6 Å². The summed E-state index contributed by atoms with van der Waals surface area (Å²) in [4.78, 5) is 0. The Bertz CT molecular complexity index is 1030. The molecule has 0 saturated heterocycles. The van der Waals surface area contributed by atoms with Gasteiger partial charge in [0.15, 0.2) is 0 Å². The first-order chi connectivity index (χ1) is 13.7. The molecule has 2 heterocycles. The van der Waals surface area contributed by atoms with Crippen LogP contribution in [0.4, 0.5) is 0 Å². The third-order valence-corrected chi connectivity index (χ3v) is 5.81. The summed E-state index contributed by atoms with van der Waals surface area (Å²) in [6.45, 7) is 0. The van der Waals surface area contributed by atoms with Crippen molar-refractivity contribution < 1.29 is 9.47 Å². The highest BCUT2D eigenvalue weighted by Crippen LogP contribution is 2.47. The zero-order chi connectivity index (χ0) is 19.1. The Morgan fingerprint density at radius 1 is 1.00 bits per heavy atom. The van der Waals surface area contributed by atoms with Crippen LogP contribution in [0.25, 0.3) is 0 Å². The number of benzene rings is 3. The predicted molar refractivity (Wildman–Crippen MR) is 113 cm³/mol. The molecule has 2 aliphatic heterocycles. The van der Waals surface area contributed by atoms with Gasteiger partial charge < -0.3 is 9.47 Å². The van der Waals surface area contributed by atoms with Crippen LogP contribution in [0.5, 0.6) is 11.5 Å². The van der Waals surface area contributed by atoms with Gasteiger partial charge in [-0.25, -0.2) is 5.01 Å². The second kappa shape index (κ2) is 6.99. The molecule has 0 bridgehead atoms. The van der Waals surface area contributed by atoms with Gasteiger partial charge in [-0.05, 0) is 48.0 Å². The van der Waals surface area contributed by atoms with Gasteiger partial charge in [-0.3, -0.25) is 0 Å². The fourth-order valence-corrected chi connectivity index (χ4v) is 4.10. The quantitative estimate of drug-likeness (QED) is 0.529. The van der Waals surface area contributed by atoms with Gasteiger partial charge in [0, 0.05) is 22.0 Å². The Morgan fingerprint density at radius 3 is 2.50 bits per heavy atom. The first-order valence-corrected chi connectivity index (χ1v) is 10.0. The molecule has 0 radical (unpaired) electrons. The molecular formula is C23H19BrN2O2. The fraction of sp³-hybridized carbons (Fsp3) is 0.174. The van der Waals surface area contributed by atoms with Crippen molar-refractivity contribution in [2.45, 2.75) is 18.7 Å². The minimum absolute atomic E-state index is 0.163. The molecule has 0 unspecified atom stereocenters. The number of para-hydroxylation sites is 1. The van der Waals surface area contributed by atoms with Crippen LogP contribution in [0.3, 0.4) is 0 Å². The lowest BCUT2D eigenvalue weighted by atomic mass is 9.96. The summed E-state index contributed by atoms with van der Waals surface area (Å²) in [6, 6.07) is 24.8. The SMILES string of the molecule is COc1ccc(C2=NN3[C@H](C2)c2ccccc2O[C@@H]3c2ccc(Br)cc2)cc1. The highest BCUT2D eigenvalue weighted by atomic mass is 79.9. The monoisotopic (exact) mass is 434 g/mol. The molecule has 2 aliphatic rings. The van der Waals surface area contributed by atoms with Crippen molar-refractivity contribution in [2.75, 3.05) is 7.11 Å². The van der Waals surface area contributed by atoms with Crippen LogP contribution in [-0.2, 0) is 0 Å². The van der Waals surface area contributed by atoms with Crippen LogP contribution < -0.4 is 9.47 Å². The average molecular weight is 435 g/mol. The van der Waals surface area contributed by atoms with E-state index in [2.05, 4.69) is 57.3 Å². The molecule has 140 valence electrons. The Morgan fingerprint density at radius 2 is 1.75 bits per heavy atom. The minimum Gasteiger partial charge on any atom is -0.497 e. The summed E-state index contributed by atoms with van der Waals surface area (Å²) in [5.41, 5.74) is 4.45. The van der Waals surface area contributed by atoms with Gasteiger partial charge in [0.2, 0.25) is 6.23 Å². The average Bonchev–Trinajstić information content (AvgIpc) is 3.20. The largest absolute Gasteiger partial charge is 0.497 e. The zero-order valence-corrected chi connectivity index (χ0v) is 17.0. The number of hydrazone groups is 1. The molecule has 0 aromatic heterocycles. The maximum Gasteiger partial charge on any atom is 0.213 e. The molecule has 5 heteroatoms. The maximum atomic E-state index is 6.38. The minimum atomic E-state index is -0.247. The molecule has 0 saturated carbocycles. The van der Waals surface area contributed by atoms with Crippen LogP contribution in [0.2, 0.25) is 0 Å². The van der Waals surface area contributed by atoms with E-state index in [-0.39, 0.29) is 12.3 Å². The molecule has 2 atom stereocenters. The van der Waals surface area contributed by atoms with Crippen molar-refractivity contribution in [3.05, 3.63) is 94.0 Å². The van der Waals surface area contributed by atoms with Gasteiger partial charge in [0.05, 0.1) is 18.9 Å². The van der Waals surface area contributed by atoms with Crippen LogP contribution in [0, 0.1) is 0 Å². The maximum absolute atomic E-state index is 6.38. The van der Waals surface area contributed by atoms with Crippen LogP contribution in [0.1, 0.15) is 35.4 Å². The highest BCUT2D eigenvalue weighted by Gasteiger charge is 2.40. The lowest BCUT2D eigenvalue weighted by Gasteiger charge is -2.38. The number of nitrogens with zero attached hydrogens (tertiary/aromatic N) is 2. The number of hydrogen-bond acceptors (Lipinski definition) is 4. The Labute approximate surface area is 172 Å². The van der Waals surface area contributed by atoms with Gasteiger partial charge in [-0.2, -0.15) is 5.10 Å². The fourth-order valence-electron chi connectivity index (χ4n) is 3.84. The number of methoxy groups -OCH3 is 1. The molecular weight excluding hydrogens is 416 g/mol. The molecule has 0 N–H and O–H groups in total. The van der Waals surface area contributed by atoms with Gasteiger partial charge in [0.25, 0.3) is 0 Å². The third-order valence-electron chi connectivity index (χ3n) is 5.28. The van der Waals surface area contributed by atoms with Gasteiger partial charge in [0.1, 0.15) is 11.5 Å². The van der Waals surface area contributed by atoms with Gasteiger partial charge >= 0.3 is 0 Å². The topological polar surface area (TPSA) is 34.1 Å². The molecule has 4 nitrogen and oxygen atoms in total. The summed E-state index contributed by atoms with van der Waals surface area (Å²) in [7, 11) is 1.68. The van der Waals surface area contributed by atoms with Crippen molar-refractivity contribution in [3.63, 3.8) is 0 Å². The highest BCUT2D eigenvalue weighted by molar-refractivity contribution is 9.10. The lowest BCUT2D eigenvalue weighted by molar-refractivity contribution is -0.0190. The van der Waals surface area contributed by atoms with Crippen molar-refractivity contribution in [2.24, 2.45) is 5.10 Å². The number of rotatable bonds is 3. The van der Waals surface area contributed by atoms with Gasteiger partial charge in [-0.1, -0.05) is 46.3 Å². The summed E-state index contributed by atoms with van der Waals surface area (Å²) in [5.74, 6) is 1.78. The van der Waals surface area contributed by atoms with E-state index < -0.39 is 0 Å². The normalized spacial score (nSPS) is 20.1. The second-order valence-corrected chi connectivity index (χ2v) is 7.85. The van der Waals surface area contributed by atoms with Crippen molar-refractivity contribution in [1.29, 1.82) is 0 Å². The molecule has 28 heavy (non-hydrogen) atoms. The second-order valence-electron chi connectivity index (χ2n) is 6.93. The van der Waals surface area contributed by atoms with E-state index in [9.17, 15) is 0 Å². The standard InChI is InChI=1S/C23H19BrN2O2/c1-27-18-12-8-15(9-13-18)20-14-21-19-4-2-3-5-22(19)28-23(26(21)25-20)16-6-10-17(24)11-7-16/h2-13,21,23H,14H2,1H3/t21-,23-/m1/s1. The van der Waals surface area contributed by atoms with E-state index >= 15 is 0 Å². The van der Waals surface area contributed by atoms with E-state index in [0.29, 0.717) is 0 Å². The molecule has 3 aromatic carbocycles. The summed E-state index contributed by atoms with van der Waals surface area (Å²) >= 11 is 3.51. The Hall–Kier alpha value is -2.79. The third kappa shape index (κ3) is 2.96. The first kappa shape index (κ1) is 17.3. The van der Waals surface area contributed by atoms with Crippen LogP contribution >= 0.6 is 15.9 Å². The number of halogens is 1. The van der Waals surface area contributed by atoms with E-state index in [0.717, 1.165) is 39.2 Å². The summed E-state index contributed by atoms with van der Waals surface area (Å²) in [5, 5.41) is 7.09. The van der Waals surface area contributed by atoms with Gasteiger partial charge in [-0.15, -0.1) is 0 Å². The van der Waals surface area contributed by atoms with Crippen LogP contribution in [-0.4, -0.2) is 17.8 Å². The predicted octanol–water partition coefficient (Wildman–Crippen LogP) is 5.70. The molecule has 0 fully saturated rings. The lowest BCUT2D eigenvalue weighted by Crippen LogP contribution is -2.33. The Balaban J connectivity index is 1.56. The van der Waals surface area contributed by atoms with Crippen LogP contribution in [0.15, 0.2) is 82.4 Å². The van der Waals surface area contributed by atoms with E-state index in [4.69, 9.17) is 14.6 Å². The molecule has 0 amide bonds. The van der Waals surface area contributed by atoms with Crippen molar-refractivity contribution in [1.82, 2.24) is 5.01 Å². The number of ether oxygens (including phenoxy) is 2. The molecule has 3 aromatic rings. The summed E-state index contributed by atoms with van der Waals surface area (Å²) in [6.07, 6.45) is 0.600. The van der Waals surface area contributed by atoms with E-state index in [1.807, 2.05) is 36.4 Å². The summed E-state index contributed by atoms with van der Waals surface area (Å²) < 4.78 is 12.7. The Kier molecular flexibility index (Phi) is 4.32. The zero-order valence-electron chi connectivity index (χ0n) is 15.4. The molecule has 5 rings (SSSR count). The van der Waals surface area contributed by atoms with E-state index in [1.54, 1.807) is 7.11 Å². The van der Waals surface area contributed by atoms with Crippen molar-refractivity contribution in [3.8, 4) is 11.5 Å². The number of hydrogen-bond donors (Lipinski definition) is 0. The first-order valence-electron chi connectivity index (χ1n) is 9.24.